The average Bonchev–Trinajstić information content (AvgIpc) is 3.64. The Bertz CT molecular complexity index is 1310. The molecular formula is C30H36N4O6S2. The summed E-state index contributed by atoms with van der Waals surface area (Å²) in [5.74, 6) is 0. The number of aromatic nitrogens is 4. The Balaban J connectivity index is 1.43. The lowest BCUT2D eigenvalue weighted by atomic mass is 10.0. The summed E-state index contributed by atoms with van der Waals surface area (Å²) in [6, 6.07) is 4.18. The Kier molecular flexibility index (Phi) is 11.9. The zero-order chi connectivity index (χ0) is 29.0. The van der Waals surface area contributed by atoms with Crippen LogP contribution >= 0.6 is 22.7 Å². The van der Waals surface area contributed by atoms with Gasteiger partial charge in [0.1, 0.15) is 10.0 Å². The number of aryl methyl sites for hydroxylation is 2. The molecule has 4 aromatic heterocycles. The molecular weight excluding hydrogens is 576 g/mol. The van der Waals surface area contributed by atoms with E-state index in [2.05, 4.69) is 22.1 Å². The molecule has 4 aromatic rings. The third kappa shape index (κ3) is 8.91. The molecule has 0 aromatic carbocycles. The molecule has 0 fully saturated rings. The molecule has 0 bridgehead atoms. The third-order valence-electron chi connectivity index (χ3n) is 6.26. The first-order valence-corrected chi connectivity index (χ1v) is 15.7. The van der Waals surface area contributed by atoms with E-state index in [0.717, 1.165) is 55.0 Å². The zero-order valence-electron chi connectivity index (χ0n) is 24.0. The van der Waals surface area contributed by atoms with E-state index in [1.54, 1.807) is 22.7 Å². The molecule has 10 nitrogen and oxygen atoms in total. The summed E-state index contributed by atoms with van der Waals surface area (Å²) in [6.07, 6.45) is 3.70. The molecule has 1 aliphatic heterocycles. The molecule has 0 saturated carbocycles. The van der Waals surface area contributed by atoms with E-state index in [1.807, 2.05) is 37.0 Å². The van der Waals surface area contributed by atoms with Gasteiger partial charge in [-0.1, -0.05) is 0 Å². The average molecular weight is 613 g/mol. The van der Waals surface area contributed by atoms with Crippen LogP contribution in [0, 0.1) is 13.8 Å². The fourth-order valence-corrected chi connectivity index (χ4v) is 5.79. The molecule has 0 atom stereocenters. The van der Waals surface area contributed by atoms with Crippen molar-refractivity contribution in [1.29, 1.82) is 0 Å². The van der Waals surface area contributed by atoms with Gasteiger partial charge in [-0.25, -0.2) is 9.97 Å². The lowest BCUT2D eigenvalue weighted by Gasteiger charge is -2.15. The van der Waals surface area contributed by atoms with E-state index in [4.69, 9.17) is 38.4 Å². The molecule has 0 amide bonds. The Hall–Kier alpha value is -2.68. The normalized spacial score (nSPS) is 17.0. The second-order valence-corrected chi connectivity index (χ2v) is 11.3. The first-order valence-electron chi connectivity index (χ1n) is 14.0. The van der Waals surface area contributed by atoms with Crippen LogP contribution in [0.1, 0.15) is 22.5 Å². The Morgan fingerprint density at radius 1 is 0.524 bits per heavy atom. The van der Waals surface area contributed by atoms with Crippen LogP contribution < -0.4 is 0 Å². The third-order valence-corrected chi connectivity index (χ3v) is 8.28. The molecule has 0 spiro atoms. The zero-order valence-corrected chi connectivity index (χ0v) is 25.6. The van der Waals surface area contributed by atoms with Gasteiger partial charge in [-0.15, -0.1) is 22.7 Å². The van der Waals surface area contributed by atoms with Crippen molar-refractivity contribution < 1.29 is 28.4 Å². The topological polar surface area (TPSA) is 107 Å². The maximum Gasteiger partial charge on any atom is 0.125 e. The number of hydrogen-bond donors (Lipinski definition) is 0. The highest BCUT2D eigenvalue weighted by molar-refractivity contribution is 7.13. The van der Waals surface area contributed by atoms with Crippen molar-refractivity contribution in [2.24, 2.45) is 0 Å². The van der Waals surface area contributed by atoms with E-state index in [0.29, 0.717) is 79.3 Å². The second-order valence-electron chi connectivity index (χ2n) is 9.61. The van der Waals surface area contributed by atoms with Gasteiger partial charge in [0.2, 0.25) is 0 Å². The van der Waals surface area contributed by atoms with Crippen molar-refractivity contribution in [2.45, 2.75) is 27.1 Å². The smallest absolute Gasteiger partial charge is 0.125 e. The minimum atomic E-state index is 0.348. The van der Waals surface area contributed by atoms with Crippen molar-refractivity contribution >= 4 is 22.7 Å². The maximum absolute atomic E-state index is 6.05. The summed E-state index contributed by atoms with van der Waals surface area (Å²) in [5.41, 5.74) is 7.18. The van der Waals surface area contributed by atoms with Crippen molar-refractivity contribution in [3.63, 3.8) is 0 Å². The van der Waals surface area contributed by atoms with E-state index < -0.39 is 0 Å². The monoisotopic (exact) mass is 612 g/mol. The van der Waals surface area contributed by atoms with Crippen LogP contribution in [0.4, 0.5) is 0 Å². The predicted molar refractivity (Wildman–Crippen MR) is 162 cm³/mol. The molecule has 0 unspecified atom stereocenters. The SMILES string of the molecule is Cc1csc(-c2cnc3c(c2)COCCOCCOCCOCCOCCOCc2cc(-c4nc(C)cs4)cnc2-3)n1. The summed E-state index contributed by atoms with van der Waals surface area (Å²) in [7, 11) is 0. The Morgan fingerprint density at radius 3 is 1.21 bits per heavy atom. The first kappa shape index (κ1) is 30.8. The number of pyridine rings is 2. The van der Waals surface area contributed by atoms with Crippen LogP contribution in [-0.4, -0.2) is 86.0 Å². The Labute approximate surface area is 254 Å². The summed E-state index contributed by atoms with van der Waals surface area (Å²) in [6.45, 7) is 9.52. The molecule has 1 aliphatic rings. The lowest BCUT2D eigenvalue weighted by Crippen LogP contribution is -2.14. The molecule has 0 N–H and O–H groups in total. The molecule has 0 saturated heterocycles. The number of rotatable bonds is 2. The molecule has 5 heterocycles. The number of ether oxygens (including phenoxy) is 6. The van der Waals surface area contributed by atoms with Crippen LogP contribution in [0.5, 0.6) is 0 Å². The lowest BCUT2D eigenvalue weighted by molar-refractivity contribution is -0.0186. The van der Waals surface area contributed by atoms with Crippen LogP contribution in [-0.2, 0) is 41.6 Å². The predicted octanol–water partition coefficient (Wildman–Crippen LogP) is 5.12. The number of nitrogens with zero attached hydrogens (tertiary/aromatic N) is 4. The van der Waals surface area contributed by atoms with Gasteiger partial charge in [-0.05, 0) is 26.0 Å². The van der Waals surface area contributed by atoms with Crippen LogP contribution in [0.15, 0.2) is 35.3 Å². The van der Waals surface area contributed by atoms with Crippen molar-refractivity contribution in [3.05, 3.63) is 57.8 Å². The van der Waals surface area contributed by atoms with Gasteiger partial charge in [-0.3, -0.25) is 9.97 Å². The quantitative estimate of drug-likeness (QED) is 0.303. The highest BCUT2D eigenvalue weighted by atomic mass is 32.1. The highest BCUT2D eigenvalue weighted by Gasteiger charge is 2.18. The minimum absolute atomic E-state index is 0.348. The molecule has 42 heavy (non-hydrogen) atoms. The minimum Gasteiger partial charge on any atom is -0.377 e. The fraction of sp³-hybridized carbons (Fsp3) is 0.467. The van der Waals surface area contributed by atoms with E-state index in [9.17, 15) is 0 Å². The summed E-state index contributed by atoms with van der Waals surface area (Å²) in [4.78, 5) is 19.1. The molecule has 5 rings (SSSR count). The maximum atomic E-state index is 6.05. The van der Waals surface area contributed by atoms with Gasteiger partial charge in [-0.2, -0.15) is 0 Å². The van der Waals surface area contributed by atoms with Crippen molar-refractivity contribution in [2.75, 3.05) is 66.1 Å². The van der Waals surface area contributed by atoms with E-state index in [-0.39, 0.29) is 0 Å². The highest BCUT2D eigenvalue weighted by Crippen LogP contribution is 2.32. The van der Waals surface area contributed by atoms with Crippen molar-refractivity contribution in [3.8, 4) is 32.5 Å². The number of fused-ring (bicyclic) bond motifs is 3. The molecule has 0 aliphatic carbocycles. The van der Waals surface area contributed by atoms with Gasteiger partial charge < -0.3 is 28.4 Å². The number of thiazole rings is 2. The summed E-state index contributed by atoms with van der Waals surface area (Å²) >= 11 is 3.19. The van der Waals surface area contributed by atoms with Crippen LogP contribution in [0.3, 0.4) is 0 Å². The second kappa shape index (κ2) is 16.2. The summed E-state index contributed by atoms with van der Waals surface area (Å²) in [5, 5.41) is 5.91. The van der Waals surface area contributed by atoms with E-state index >= 15 is 0 Å². The van der Waals surface area contributed by atoms with E-state index in [1.165, 1.54) is 0 Å². The van der Waals surface area contributed by atoms with Gasteiger partial charge in [0, 0.05) is 56.8 Å². The van der Waals surface area contributed by atoms with Gasteiger partial charge >= 0.3 is 0 Å². The van der Waals surface area contributed by atoms with Crippen molar-refractivity contribution in [1.82, 2.24) is 19.9 Å². The fourth-order valence-electron chi connectivity index (χ4n) is 4.24. The first-order chi connectivity index (χ1) is 20.7. The molecule has 224 valence electrons. The van der Waals surface area contributed by atoms with Gasteiger partial charge in [0.25, 0.3) is 0 Å². The Morgan fingerprint density at radius 2 is 0.881 bits per heavy atom. The van der Waals surface area contributed by atoms with Crippen LogP contribution in [0.2, 0.25) is 0 Å². The van der Waals surface area contributed by atoms with Gasteiger partial charge in [0.15, 0.2) is 0 Å². The van der Waals surface area contributed by atoms with Crippen LogP contribution in [0.25, 0.3) is 32.5 Å². The largest absolute Gasteiger partial charge is 0.377 e. The number of hydrogen-bond acceptors (Lipinski definition) is 12. The summed E-state index contributed by atoms with van der Waals surface area (Å²) < 4.78 is 34.5. The molecule has 12 heteroatoms. The van der Waals surface area contributed by atoms with Gasteiger partial charge in [0.05, 0.1) is 90.7 Å². The molecule has 0 radical (unpaired) electrons. The standard InChI is InChI=1S/C30H36N4O6S2/c1-21-19-41-29(33-21)23-13-25-17-39-11-9-37-7-5-35-3-4-36-6-8-38-10-12-40-18-26-14-24(30-34-22(2)20-42-30)16-32-28(26)27(25)31-15-23/h13-16,19-20H,3-12,17-18H2,1-2H3.